The average Bonchev–Trinajstić information content (AvgIpc) is 2.92. The molecule has 0 bridgehead atoms. The van der Waals surface area contributed by atoms with Crippen LogP contribution in [0.5, 0.6) is 0 Å². The smallest absolute Gasteiger partial charge is 0.409 e. The van der Waals surface area contributed by atoms with Gasteiger partial charge in [-0.3, -0.25) is 4.79 Å². The minimum absolute atomic E-state index is 0.0118. The minimum Gasteiger partial charge on any atom is -0.450 e. The van der Waals surface area contributed by atoms with E-state index in [-0.39, 0.29) is 12.0 Å². The van der Waals surface area contributed by atoms with E-state index in [1.54, 1.807) is 16.7 Å². The molecule has 2 heterocycles. The molecule has 2 aromatic rings. The van der Waals surface area contributed by atoms with Gasteiger partial charge in [-0.1, -0.05) is 18.2 Å². The second-order valence-electron chi connectivity index (χ2n) is 5.65. The molecule has 1 fully saturated rings. The fourth-order valence-electron chi connectivity index (χ4n) is 2.96. The van der Waals surface area contributed by atoms with E-state index >= 15 is 0 Å². The van der Waals surface area contributed by atoms with Crippen LogP contribution in [0.1, 0.15) is 23.0 Å². The lowest BCUT2D eigenvalue weighted by molar-refractivity contribution is 0.0566. The summed E-state index contributed by atoms with van der Waals surface area (Å²) >= 11 is 0. The fraction of sp³-hybridized carbons (Fsp3) is 0.412. The zero-order valence-corrected chi connectivity index (χ0v) is 13.5. The van der Waals surface area contributed by atoms with Gasteiger partial charge in [-0.25, -0.2) is 4.79 Å². The molecule has 1 saturated heterocycles. The van der Waals surface area contributed by atoms with Crippen molar-refractivity contribution in [3.05, 3.63) is 35.5 Å². The molecule has 2 amide bonds. The summed E-state index contributed by atoms with van der Waals surface area (Å²) in [5, 5.41) is 1.07. The Morgan fingerprint density at radius 3 is 2.43 bits per heavy atom. The van der Waals surface area contributed by atoms with Crippen LogP contribution in [0, 0.1) is 6.92 Å². The SMILES string of the molecule is CCOC(=O)N1CCN(C(=O)c2[nH]c3ccccc3c2C)CC1. The number of nitrogens with zero attached hydrogens (tertiary/aromatic N) is 2. The van der Waals surface area contributed by atoms with Crippen LogP contribution in [0.15, 0.2) is 24.3 Å². The molecule has 6 heteroatoms. The third kappa shape index (κ3) is 2.88. The van der Waals surface area contributed by atoms with Crippen molar-refractivity contribution in [1.29, 1.82) is 0 Å². The van der Waals surface area contributed by atoms with Crippen LogP contribution < -0.4 is 0 Å². The highest BCUT2D eigenvalue weighted by Gasteiger charge is 2.27. The Hall–Kier alpha value is -2.50. The Balaban J connectivity index is 1.72. The second-order valence-corrected chi connectivity index (χ2v) is 5.65. The van der Waals surface area contributed by atoms with Gasteiger partial charge in [0.25, 0.3) is 5.91 Å². The summed E-state index contributed by atoms with van der Waals surface area (Å²) < 4.78 is 5.00. The van der Waals surface area contributed by atoms with Crippen molar-refractivity contribution in [3.8, 4) is 0 Å². The number of carbonyl (C=O) groups is 2. The summed E-state index contributed by atoms with van der Waals surface area (Å²) in [6.45, 7) is 6.16. The summed E-state index contributed by atoms with van der Waals surface area (Å²) in [7, 11) is 0. The van der Waals surface area contributed by atoms with Crippen molar-refractivity contribution in [2.24, 2.45) is 0 Å². The predicted octanol–water partition coefficient (Wildman–Crippen LogP) is 2.39. The Morgan fingerprint density at radius 2 is 1.78 bits per heavy atom. The molecule has 1 aromatic heterocycles. The van der Waals surface area contributed by atoms with Gasteiger partial charge in [-0.05, 0) is 25.5 Å². The van der Waals surface area contributed by atoms with Crippen LogP contribution in [-0.4, -0.2) is 59.6 Å². The Labute approximate surface area is 135 Å². The van der Waals surface area contributed by atoms with Crippen LogP contribution in [-0.2, 0) is 4.74 Å². The summed E-state index contributed by atoms with van der Waals surface area (Å²) in [6.07, 6.45) is -0.304. The number of hydrogen-bond donors (Lipinski definition) is 1. The number of fused-ring (bicyclic) bond motifs is 1. The van der Waals surface area contributed by atoms with Gasteiger partial charge in [-0.2, -0.15) is 0 Å². The van der Waals surface area contributed by atoms with E-state index < -0.39 is 0 Å². The third-order valence-corrected chi connectivity index (χ3v) is 4.27. The topological polar surface area (TPSA) is 65.6 Å². The molecule has 1 aromatic carbocycles. The first kappa shape index (κ1) is 15.4. The van der Waals surface area contributed by atoms with Crippen LogP contribution >= 0.6 is 0 Å². The summed E-state index contributed by atoms with van der Waals surface area (Å²) in [5.74, 6) is -0.0118. The van der Waals surface area contributed by atoms with Gasteiger partial charge in [-0.15, -0.1) is 0 Å². The molecule has 0 saturated carbocycles. The van der Waals surface area contributed by atoms with E-state index in [0.29, 0.717) is 38.5 Å². The van der Waals surface area contributed by atoms with Crippen LogP contribution in [0.25, 0.3) is 10.9 Å². The monoisotopic (exact) mass is 315 g/mol. The number of aryl methyl sites for hydroxylation is 1. The minimum atomic E-state index is -0.304. The first-order valence-electron chi connectivity index (χ1n) is 7.90. The number of H-pyrrole nitrogens is 1. The van der Waals surface area contributed by atoms with Crippen molar-refractivity contribution in [2.75, 3.05) is 32.8 Å². The lowest BCUT2D eigenvalue weighted by Crippen LogP contribution is -2.50. The third-order valence-electron chi connectivity index (χ3n) is 4.27. The van der Waals surface area contributed by atoms with Gasteiger partial charge in [0, 0.05) is 37.1 Å². The number of amides is 2. The van der Waals surface area contributed by atoms with E-state index in [0.717, 1.165) is 16.5 Å². The fourth-order valence-corrected chi connectivity index (χ4v) is 2.96. The van der Waals surface area contributed by atoms with E-state index in [1.165, 1.54) is 0 Å². The molecule has 6 nitrogen and oxygen atoms in total. The van der Waals surface area contributed by atoms with Gasteiger partial charge in [0.1, 0.15) is 5.69 Å². The number of benzene rings is 1. The Kier molecular flexibility index (Phi) is 4.23. The molecular weight excluding hydrogens is 294 g/mol. The molecule has 23 heavy (non-hydrogen) atoms. The number of ether oxygens (including phenoxy) is 1. The van der Waals surface area contributed by atoms with E-state index in [2.05, 4.69) is 4.98 Å². The highest BCUT2D eigenvalue weighted by Crippen LogP contribution is 2.22. The van der Waals surface area contributed by atoms with Crippen molar-refractivity contribution < 1.29 is 14.3 Å². The van der Waals surface area contributed by atoms with E-state index in [1.807, 2.05) is 31.2 Å². The largest absolute Gasteiger partial charge is 0.450 e. The highest BCUT2D eigenvalue weighted by molar-refractivity contribution is 6.00. The van der Waals surface area contributed by atoms with Crippen LogP contribution in [0.2, 0.25) is 0 Å². The zero-order chi connectivity index (χ0) is 16.4. The van der Waals surface area contributed by atoms with Gasteiger partial charge in [0.05, 0.1) is 6.61 Å². The molecular formula is C17H21N3O3. The highest BCUT2D eigenvalue weighted by atomic mass is 16.6. The number of piperazine rings is 1. The molecule has 0 radical (unpaired) electrons. The molecule has 0 unspecified atom stereocenters. The molecule has 1 aliphatic rings. The predicted molar refractivity (Wildman–Crippen MR) is 87.5 cm³/mol. The lowest BCUT2D eigenvalue weighted by atomic mass is 10.1. The number of carbonyl (C=O) groups excluding carboxylic acids is 2. The molecule has 1 N–H and O–H groups in total. The van der Waals surface area contributed by atoms with Crippen LogP contribution in [0.4, 0.5) is 4.79 Å². The number of para-hydroxylation sites is 1. The van der Waals surface area contributed by atoms with Crippen molar-refractivity contribution in [3.63, 3.8) is 0 Å². The molecule has 0 aliphatic carbocycles. The lowest BCUT2D eigenvalue weighted by Gasteiger charge is -2.33. The normalized spacial score (nSPS) is 15.0. The molecule has 3 rings (SSSR count). The maximum atomic E-state index is 12.8. The molecule has 0 atom stereocenters. The second kappa shape index (κ2) is 6.32. The van der Waals surface area contributed by atoms with Gasteiger partial charge < -0.3 is 19.5 Å². The Morgan fingerprint density at radius 1 is 1.13 bits per heavy atom. The molecule has 1 aliphatic heterocycles. The number of aromatic amines is 1. The molecule has 0 spiro atoms. The maximum Gasteiger partial charge on any atom is 0.409 e. The summed E-state index contributed by atoms with van der Waals surface area (Å²) in [5.41, 5.74) is 2.58. The number of hydrogen-bond acceptors (Lipinski definition) is 3. The standard InChI is InChI=1S/C17H21N3O3/c1-3-23-17(22)20-10-8-19(9-11-20)16(21)15-12(2)13-6-4-5-7-14(13)18-15/h4-7,18H,3,8-11H2,1-2H3. The zero-order valence-electron chi connectivity index (χ0n) is 13.5. The number of rotatable bonds is 2. The van der Waals surface area contributed by atoms with Gasteiger partial charge in [0.15, 0.2) is 0 Å². The maximum absolute atomic E-state index is 12.8. The quantitative estimate of drug-likeness (QED) is 0.925. The van der Waals surface area contributed by atoms with Crippen molar-refractivity contribution >= 4 is 22.9 Å². The first-order valence-corrected chi connectivity index (χ1v) is 7.90. The van der Waals surface area contributed by atoms with Gasteiger partial charge in [0.2, 0.25) is 0 Å². The number of aromatic nitrogens is 1. The molecule has 122 valence electrons. The van der Waals surface area contributed by atoms with Crippen molar-refractivity contribution in [1.82, 2.24) is 14.8 Å². The van der Waals surface area contributed by atoms with Crippen molar-refractivity contribution in [2.45, 2.75) is 13.8 Å². The average molecular weight is 315 g/mol. The van der Waals surface area contributed by atoms with Crippen LogP contribution in [0.3, 0.4) is 0 Å². The first-order chi connectivity index (χ1) is 11.1. The summed E-state index contributed by atoms with van der Waals surface area (Å²) in [6, 6.07) is 7.90. The summed E-state index contributed by atoms with van der Waals surface area (Å²) in [4.78, 5) is 31.1. The Bertz CT molecular complexity index is 730. The van der Waals surface area contributed by atoms with E-state index in [4.69, 9.17) is 4.74 Å². The van der Waals surface area contributed by atoms with Gasteiger partial charge >= 0.3 is 6.09 Å². The van der Waals surface area contributed by atoms with E-state index in [9.17, 15) is 9.59 Å². The number of nitrogens with one attached hydrogen (secondary N) is 1.